The Labute approximate surface area is 161 Å². The van der Waals surface area contributed by atoms with E-state index in [0.29, 0.717) is 35.8 Å². The highest BCUT2D eigenvalue weighted by atomic mass is 16.3. The zero-order valence-electron chi connectivity index (χ0n) is 15.3. The number of carbonyl (C=O) groups excluding carboxylic acids is 2. The summed E-state index contributed by atoms with van der Waals surface area (Å²) in [6.07, 6.45) is 2.25. The number of anilines is 2. The highest BCUT2D eigenvalue weighted by Crippen LogP contribution is 2.16. The van der Waals surface area contributed by atoms with Gasteiger partial charge in [0.1, 0.15) is 5.69 Å². The Hall–Kier alpha value is -3.68. The van der Waals surface area contributed by atoms with E-state index in [1.165, 1.54) is 17.7 Å². The number of hydrogen-bond acceptors (Lipinski definition) is 5. The smallest absolute Gasteiger partial charge is 0.266 e. The summed E-state index contributed by atoms with van der Waals surface area (Å²) >= 11 is 0. The molecule has 3 aromatic rings. The second-order valence-electron chi connectivity index (χ2n) is 6.17. The van der Waals surface area contributed by atoms with E-state index in [9.17, 15) is 14.4 Å². The SMILES string of the molecule is CC(=O)Nc1ccc(NC(=O)CCCn2nc(-c3ccco3)ccc2=O)cc1. The predicted molar refractivity (Wildman–Crippen MR) is 105 cm³/mol. The van der Waals surface area contributed by atoms with Crippen molar-refractivity contribution in [2.45, 2.75) is 26.3 Å². The largest absolute Gasteiger partial charge is 0.463 e. The molecule has 0 aliphatic carbocycles. The summed E-state index contributed by atoms with van der Waals surface area (Å²) in [6.45, 7) is 1.75. The molecule has 0 fully saturated rings. The standard InChI is InChI=1S/C20H20N4O4/c1-14(25)21-15-6-8-16(9-7-15)22-19(26)5-2-12-24-20(27)11-10-17(23-24)18-4-3-13-28-18/h3-4,6-11,13H,2,5,12H2,1H3,(H,21,25)(H,22,26). The lowest BCUT2D eigenvalue weighted by atomic mass is 10.2. The summed E-state index contributed by atoms with van der Waals surface area (Å²) in [5.74, 6) is 0.258. The van der Waals surface area contributed by atoms with Crippen LogP contribution in [0.2, 0.25) is 0 Å². The summed E-state index contributed by atoms with van der Waals surface area (Å²) in [6, 6.07) is 13.4. The first kappa shape index (κ1) is 19.1. The van der Waals surface area contributed by atoms with Crippen LogP contribution in [0.1, 0.15) is 19.8 Å². The molecule has 0 bridgehead atoms. The third-order valence-electron chi connectivity index (χ3n) is 3.90. The van der Waals surface area contributed by atoms with E-state index in [0.717, 1.165) is 0 Å². The van der Waals surface area contributed by atoms with Gasteiger partial charge in [0.25, 0.3) is 5.56 Å². The predicted octanol–water partition coefficient (Wildman–Crippen LogP) is 2.88. The molecule has 0 saturated carbocycles. The number of aryl methyl sites for hydroxylation is 1. The topological polar surface area (TPSA) is 106 Å². The maximum Gasteiger partial charge on any atom is 0.266 e. The van der Waals surface area contributed by atoms with Crippen molar-refractivity contribution in [2.75, 3.05) is 10.6 Å². The number of nitrogens with zero attached hydrogens (tertiary/aromatic N) is 2. The zero-order chi connectivity index (χ0) is 19.9. The highest BCUT2D eigenvalue weighted by molar-refractivity contribution is 5.92. The van der Waals surface area contributed by atoms with Crippen LogP contribution in [-0.2, 0) is 16.1 Å². The van der Waals surface area contributed by atoms with Crippen LogP contribution in [0.4, 0.5) is 11.4 Å². The minimum absolute atomic E-state index is 0.156. The second-order valence-corrected chi connectivity index (χ2v) is 6.17. The van der Waals surface area contributed by atoms with Crippen molar-refractivity contribution in [3.05, 3.63) is 65.1 Å². The van der Waals surface area contributed by atoms with Gasteiger partial charge in [0.05, 0.1) is 6.26 Å². The molecular formula is C20H20N4O4. The van der Waals surface area contributed by atoms with Crippen molar-refractivity contribution in [3.63, 3.8) is 0 Å². The monoisotopic (exact) mass is 380 g/mol. The molecule has 2 heterocycles. The lowest BCUT2D eigenvalue weighted by molar-refractivity contribution is -0.116. The maximum absolute atomic E-state index is 12.1. The maximum atomic E-state index is 12.1. The van der Waals surface area contributed by atoms with Gasteiger partial charge in [-0.15, -0.1) is 0 Å². The van der Waals surface area contributed by atoms with Gasteiger partial charge >= 0.3 is 0 Å². The van der Waals surface area contributed by atoms with Crippen LogP contribution in [-0.4, -0.2) is 21.6 Å². The first-order chi connectivity index (χ1) is 13.5. The molecule has 8 heteroatoms. The molecule has 3 rings (SSSR count). The van der Waals surface area contributed by atoms with Crippen LogP contribution < -0.4 is 16.2 Å². The van der Waals surface area contributed by atoms with Crippen molar-refractivity contribution in [1.82, 2.24) is 9.78 Å². The van der Waals surface area contributed by atoms with Gasteiger partial charge in [-0.2, -0.15) is 5.10 Å². The van der Waals surface area contributed by atoms with Gasteiger partial charge < -0.3 is 15.1 Å². The van der Waals surface area contributed by atoms with Gasteiger partial charge in [0.15, 0.2) is 5.76 Å². The normalized spacial score (nSPS) is 10.5. The number of rotatable bonds is 7. The lowest BCUT2D eigenvalue weighted by Crippen LogP contribution is -2.23. The third-order valence-corrected chi connectivity index (χ3v) is 3.90. The lowest BCUT2D eigenvalue weighted by Gasteiger charge is -2.08. The van der Waals surface area contributed by atoms with Crippen LogP contribution >= 0.6 is 0 Å². The van der Waals surface area contributed by atoms with Crippen molar-refractivity contribution in [2.24, 2.45) is 0 Å². The molecule has 2 amide bonds. The molecule has 1 aromatic carbocycles. The first-order valence-electron chi connectivity index (χ1n) is 8.81. The first-order valence-corrected chi connectivity index (χ1v) is 8.81. The van der Waals surface area contributed by atoms with Crippen molar-refractivity contribution in [3.8, 4) is 11.5 Å². The Kier molecular flexibility index (Phi) is 6.01. The van der Waals surface area contributed by atoms with E-state index in [1.54, 1.807) is 48.7 Å². The minimum atomic E-state index is -0.232. The van der Waals surface area contributed by atoms with Crippen molar-refractivity contribution < 1.29 is 14.0 Å². The van der Waals surface area contributed by atoms with Gasteiger partial charge in [-0.1, -0.05) is 0 Å². The van der Waals surface area contributed by atoms with E-state index >= 15 is 0 Å². The fraction of sp³-hybridized carbons (Fsp3) is 0.200. The molecule has 0 atom stereocenters. The van der Waals surface area contributed by atoms with E-state index < -0.39 is 0 Å². The summed E-state index contributed by atoms with van der Waals surface area (Å²) < 4.78 is 6.61. The molecule has 0 unspecified atom stereocenters. The quantitative estimate of drug-likeness (QED) is 0.655. The van der Waals surface area contributed by atoms with E-state index in [4.69, 9.17) is 4.42 Å². The third kappa shape index (κ3) is 5.16. The number of furan rings is 1. The van der Waals surface area contributed by atoms with Crippen molar-refractivity contribution >= 4 is 23.2 Å². The molecule has 0 aliphatic rings. The average Bonchev–Trinajstić information content (AvgIpc) is 3.19. The molecule has 2 aromatic heterocycles. The molecular weight excluding hydrogens is 360 g/mol. The Morgan fingerprint density at radius 2 is 1.75 bits per heavy atom. The number of aromatic nitrogens is 2. The Morgan fingerprint density at radius 3 is 2.39 bits per heavy atom. The number of amides is 2. The fourth-order valence-corrected chi connectivity index (χ4v) is 2.62. The second kappa shape index (κ2) is 8.81. The summed E-state index contributed by atoms with van der Waals surface area (Å²) in [7, 11) is 0. The molecule has 2 N–H and O–H groups in total. The van der Waals surface area contributed by atoms with Crippen LogP contribution in [0.25, 0.3) is 11.5 Å². The fourth-order valence-electron chi connectivity index (χ4n) is 2.62. The van der Waals surface area contributed by atoms with Gasteiger partial charge in [-0.3, -0.25) is 14.4 Å². The molecule has 144 valence electrons. The number of hydrogen-bond donors (Lipinski definition) is 2. The number of nitrogens with one attached hydrogen (secondary N) is 2. The average molecular weight is 380 g/mol. The van der Waals surface area contributed by atoms with Gasteiger partial charge in [-0.25, -0.2) is 4.68 Å². The van der Waals surface area contributed by atoms with Gasteiger partial charge in [-0.05, 0) is 48.9 Å². The molecule has 8 nitrogen and oxygen atoms in total. The van der Waals surface area contributed by atoms with Crippen LogP contribution in [0.15, 0.2) is 64.0 Å². The van der Waals surface area contributed by atoms with Crippen LogP contribution in [0, 0.1) is 0 Å². The van der Waals surface area contributed by atoms with Gasteiger partial charge in [0.2, 0.25) is 11.8 Å². The highest BCUT2D eigenvalue weighted by Gasteiger charge is 2.07. The molecule has 0 radical (unpaired) electrons. The zero-order valence-corrected chi connectivity index (χ0v) is 15.3. The number of carbonyl (C=O) groups is 2. The molecule has 0 saturated heterocycles. The number of benzene rings is 1. The minimum Gasteiger partial charge on any atom is -0.463 e. The summed E-state index contributed by atoms with van der Waals surface area (Å²) in [4.78, 5) is 35.1. The van der Waals surface area contributed by atoms with Crippen LogP contribution in [0.5, 0.6) is 0 Å². The van der Waals surface area contributed by atoms with Crippen molar-refractivity contribution in [1.29, 1.82) is 0 Å². The summed E-state index contributed by atoms with van der Waals surface area (Å²) in [5.41, 5.74) is 1.62. The molecule has 28 heavy (non-hydrogen) atoms. The Morgan fingerprint density at radius 1 is 1.04 bits per heavy atom. The van der Waals surface area contributed by atoms with Gasteiger partial charge in [0, 0.05) is 37.3 Å². The van der Waals surface area contributed by atoms with E-state index in [1.807, 2.05) is 0 Å². The summed E-state index contributed by atoms with van der Waals surface area (Å²) in [5, 5.41) is 9.72. The molecule has 0 aliphatic heterocycles. The Bertz CT molecular complexity index is 1010. The van der Waals surface area contributed by atoms with E-state index in [2.05, 4.69) is 15.7 Å². The van der Waals surface area contributed by atoms with E-state index in [-0.39, 0.29) is 23.8 Å². The van der Waals surface area contributed by atoms with Crippen LogP contribution in [0.3, 0.4) is 0 Å². The Balaban J connectivity index is 1.52. The molecule has 0 spiro atoms.